The van der Waals surface area contributed by atoms with Crippen molar-refractivity contribution in [1.82, 2.24) is 4.98 Å². The number of methoxy groups -OCH3 is 1. The van der Waals surface area contributed by atoms with Crippen LogP contribution in [0, 0.1) is 5.41 Å². The maximum Gasteiger partial charge on any atom is 0.345 e. The number of rotatable bonds is 4. The van der Waals surface area contributed by atoms with E-state index in [4.69, 9.17) is 9.47 Å². The van der Waals surface area contributed by atoms with Crippen LogP contribution in [0.25, 0.3) is 0 Å². The Labute approximate surface area is 118 Å². The van der Waals surface area contributed by atoms with Gasteiger partial charge in [-0.05, 0) is 13.0 Å². The molecule has 20 heavy (non-hydrogen) atoms. The van der Waals surface area contributed by atoms with Gasteiger partial charge in [0.05, 0.1) is 19.4 Å². The van der Waals surface area contributed by atoms with Crippen LogP contribution >= 0.6 is 0 Å². The third kappa shape index (κ3) is 3.69. The first-order valence-corrected chi connectivity index (χ1v) is 6.32. The van der Waals surface area contributed by atoms with Crippen molar-refractivity contribution in [3.05, 3.63) is 17.8 Å². The molecule has 0 spiro atoms. The van der Waals surface area contributed by atoms with Gasteiger partial charge in [0.15, 0.2) is 0 Å². The second kappa shape index (κ2) is 6.36. The van der Waals surface area contributed by atoms with Gasteiger partial charge in [-0.25, -0.2) is 9.78 Å². The van der Waals surface area contributed by atoms with E-state index in [1.165, 1.54) is 13.3 Å². The standard InChI is InChI=1S/C14H20N2O4/c1-6-20-12(17)10-9(7-8-15-11(10)19-5)16-13(18)14(2,3)4/h7-8H,6H2,1-5H3,(H,15,16,18). The van der Waals surface area contributed by atoms with Gasteiger partial charge in [-0.1, -0.05) is 20.8 Å². The fourth-order valence-electron chi connectivity index (χ4n) is 1.41. The summed E-state index contributed by atoms with van der Waals surface area (Å²) in [6.45, 7) is 7.28. The molecule has 0 fully saturated rings. The lowest BCUT2D eigenvalue weighted by Gasteiger charge is -2.19. The number of carbonyl (C=O) groups excluding carboxylic acids is 2. The van der Waals surface area contributed by atoms with Crippen LogP contribution in [0.2, 0.25) is 0 Å². The van der Waals surface area contributed by atoms with Crippen LogP contribution in [0.3, 0.4) is 0 Å². The minimum atomic E-state index is -0.582. The van der Waals surface area contributed by atoms with Crippen molar-refractivity contribution < 1.29 is 19.1 Å². The summed E-state index contributed by atoms with van der Waals surface area (Å²) in [7, 11) is 1.40. The molecule has 0 saturated heterocycles. The molecule has 1 aromatic heterocycles. The molecular formula is C14H20N2O4. The van der Waals surface area contributed by atoms with Crippen LogP contribution in [-0.2, 0) is 9.53 Å². The molecule has 1 N–H and O–H groups in total. The van der Waals surface area contributed by atoms with Crippen molar-refractivity contribution in [2.24, 2.45) is 5.41 Å². The fourth-order valence-corrected chi connectivity index (χ4v) is 1.41. The second-order valence-corrected chi connectivity index (χ2v) is 5.17. The maximum absolute atomic E-state index is 12.0. The Morgan fingerprint density at radius 3 is 2.50 bits per heavy atom. The number of carbonyl (C=O) groups is 2. The van der Waals surface area contributed by atoms with Gasteiger partial charge >= 0.3 is 5.97 Å². The van der Waals surface area contributed by atoms with Gasteiger partial charge in [-0.3, -0.25) is 4.79 Å². The molecule has 1 amide bonds. The smallest absolute Gasteiger partial charge is 0.345 e. The van der Waals surface area contributed by atoms with Gasteiger partial charge in [-0.2, -0.15) is 0 Å². The molecule has 0 aliphatic carbocycles. The summed E-state index contributed by atoms with van der Waals surface area (Å²) in [6, 6.07) is 1.54. The average Bonchev–Trinajstić information content (AvgIpc) is 2.37. The number of nitrogens with zero attached hydrogens (tertiary/aromatic N) is 1. The van der Waals surface area contributed by atoms with Crippen molar-refractivity contribution >= 4 is 17.6 Å². The van der Waals surface area contributed by atoms with Crippen molar-refractivity contribution in [2.75, 3.05) is 19.0 Å². The quantitative estimate of drug-likeness (QED) is 0.856. The van der Waals surface area contributed by atoms with Crippen LogP contribution in [-0.4, -0.2) is 30.6 Å². The highest BCUT2D eigenvalue weighted by Gasteiger charge is 2.26. The monoisotopic (exact) mass is 280 g/mol. The zero-order valence-electron chi connectivity index (χ0n) is 12.4. The van der Waals surface area contributed by atoms with Gasteiger partial charge in [-0.15, -0.1) is 0 Å². The molecule has 0 aliphatic rings. The molecule has 6 heteroatoms. The van der Waals surface area contributed by atoms with E-state index in [0.29, 0.717) is 5.69 Å². The van der Waals surface area contributed by atoms with Gasteiger partial charge in [0.2, 0.25) is 11.8 Å². The Balaban J connectivity index is 3.19. The van der Waals surface area contributed by atoms with E-state index in [2.05, 4.69) is 10.3 Å². The number of nitrogens with one attached hydrogen (secondary N) is 1. The number of esters is 1. The summed E-state index contributed by atoms with van der Waals surface area (Å²) in [4.78, 5) is 28.0. The van der Waals surface area contributed by atoms with Crippen molar-refractivity contribution in [1.29, 1.82) is 0 Å². The van der Waals surface area contributed by atoms with Crippen LogP contribution in [0.5, 0.6) is 5.88 Å². The molecule has 110 valence electrons. The van der Waals surface area contributed by atoms with E-state index in [0.717, 1.165) is 0 Å². The van der Waals surface area contributed by atoms with E-state index in [1.807, 2.05) is 0 Å². The van der Waals surface area contributed by atoms with Crippen LogP contribution in [0.1, 0.15) is 38.1 Å². The fraction of sp³-hybridized carbons (Fsp3) is 0.500. The lowest BCUT2D eigenvalue weighted by atomic mass is 9.95. The molecule has 0 aromatic carbocycles. The van der Waals surface area contributed by atoms with Gasteiger partial charge in [0, 0.05) is 11.6 Å². The summed E-state index contributed by atoms with van der Waals surface area (Å²) in [5, 5.41) is 2.70. The molecule has 0 radical (unpaired) electrons. The molecule has 1 aromatic rings. The minimum absolute atomic E-state index is 0.120. The minimum Gasteiger partial charge on any atom is -0.480 e. The highest BCUT2D eigenvalue weighted by atomic mass is 16.5. The van der Waals surface area contributed by atoms with E-state index in [9.17, 15) is 9.59 Å². The van der Waals surface area contributed by atoms with Gasteiger partial charge in [0.1, 0.15) is 5.56 Å². The topological polar surface area (TPSA) is 77.5 Å². The molecule has 0 atom stereocenters. The van der Waals surface area contributed by atoms with E-state index >= 15 is 0 Å². The lowest BCUT2D eigenvalue weighted by molar-refractivity contribution is -0.123. The van der Waals surface area contributed by atoms with Crippen LogP contribution in [0.15, 0.2) is 12.3 Å². The van der Waals surface area contributed by atoms with E-state index < -0.39 is 11.4 Å². The Hall–Kier alpha value is -2.11. The Bertz CT molecular complexity index is 506. The maximum atomic E-state index is 12.0. The van der Waals surface area contributed by atoms with E-state index in [1.54, 1.807) is 33.8 Å². The number of hydrogen-bond acceptors (Lipinski definition) is 5. The molecule has 0 unspecified atom stereocenters. The van der Waals surface area contributed by atoms with Crippen molar-refractivity contribution in [3.63, 3.8) is 0 Å². The van der Waals surface area contributed by atoms with Crippen LogP contribution in [0.4, 0.5) is 5.69 Å². The Morgan fingerprint density at radius 2 is 2.00 bits per heavy atom. The molecule has 0 bridgehead atoms. The normalized spacial score (nSPS) is 10.8. The summed E-state index contributed by atoms with van der Waals surface area (Å²) < 4.78 is 10.0. The first-order valence-electron chi connectivity index (χ1n) is 6.32. The molecule has 1 rings (SSSR count). The summed E-state index contributed by atoms with van der Waals surface area (Å²) in [5.74, 6) is -0.673. The zero-order valence-corrected chi connectivity index (χ0v) is 12.4. The molecule has 1 heterocycles. The third-order valence-electron chi connectivity index (χ3n) is 2.52. The Morgan fingerprint density at radius 1 is 1.35 bits per heavy atom. The Kier molecular flexibility index (Phi) is 5.07. The molecular weight excluding hydrogens is 260 g/mol. The second-order valence-electron chi connectivity index (χ2n) is 5.17. The largest absolute Gasteiger partial charge is 0.480 e. The summed E-state index contributed by atoms with van der Waals surface area (Å²) in [5.41, 5.74) is -0.132. The zero-order chi connectivity index (χ0) is 15.3. The first kappa shape index (κ1) is 15.9. The molecule has 6 nitrogen and oxygen atoms in total. The van der Waals surface area contributed by atoms with E-state index in [-0.39, 0.29) is 24.0 Å². The number of pyridine rings is 1. The van der Waals surface area contributed by atoms with Gasteiger partial charge in [0.25, 0.3) is 0 Å². The van der Waals surface area contributed by atoms with Gasteiger partial charge < -0.3 is 14.8 Å². The van der Waals surface area contributed by atoms with Crippen LogP contribution < -0.4 is 10.1 Å². The van der Waals surface area contributed by atoms with Crippen molar-refractivity contribution in [2.45, 2.75) is 27.7 Å². The summed E-state index contributed by atoms with van der Waals surface area (Å²) in [6.07, 6.45) is 1.46. The van der Waals surface area contributed by atoms with Crippen molar-refractivity contribution in [3.8, 4) is 5.88 Å². The lowest BCUT2D eigenvalue weighted by Crippen LogP contribution is -2.28. The summed E-state index contributed by atoms with van der Waals surface area (Å²) >= 11 is 0. The third-order valence-corrected chi connectivity index (χ3v) is 2.52. The average molecular weight is 280 g/mol. The molecule has 0 aliphatic heterocycles. The number of hydrogen-bond donors (Lipinski definition) is 1. The molecule has 0 saturated carbocycles. The highest BCUT2D eigenvalue weighted by molar-refractivity contribution is 6.04. The number of aromatic nitrogens is 1. The number of ether oxygens (including phenoxy) is 2. The number of amides is 1. The SMILES string of the molecule is CCOC(=O)c1c(NC(=O)C(C)(C)C)ccnc1OC. The first-order chi connectivity index (χ1) is 9.31. The number of anilines is 1. The highest BCUT2D eigenvalue weighted by Crippen LogP contribution is 2.26. The predicted octanol–water partition coefficient (Wildman–Crippen LogP) is 2.25. The predicted molar refractivity (Wildman–Crippen MR) is 74.8 cm³/mol.